The number of hydrogen-bond donors (Lipinski definition) is 2. The number of aromatic nitrogens is 1. The van der Waals surface area contributed by atoms with E-state index in [9.17, 15) is 14.4 Å². The van der Waals surface area contributed by atoms with Gasteiger partial charge in [0.2, 0.25) is 11.8 Å². The van der Waals surface area contributed by atoms with Gasteiger partial charge in [-0.25, -0.2) is 0 Å². The molecule has 1 aromatic heterocycles. The number of benzene rings is 1. The summed E-state index contributed by atoms with van der Waals surface area (Å²) in [6, 6.07) is 9.25. The van der Waals surface area contributed by atoms with Gasteiger partial charge in [-0.1, -0.05) is 18.2 Å². The summed E-state index contributed by atoms with van der Waals surface area (Å²) in [5, 5.41) is 3.72. The third-order valence-corrected chi connectivity index (χ3v) is 4.93. The molecule has 4 rings (SSSR count). The van der Waals surface area contributed by atoms with Gasteiger partial charge in [-0.05, 0) is 18.6 Å². The van der Waals surface area contributed by atoms with E-state index >= 15 is 0 Å². The summed E-state index contributed by atoms with van der Waals surface area (Å²) < 4.78 is 0. The number of amides is 3. The van der Waals surface area contributed by atoms with Gasteiger partial charge in [0, 0.05) is 43.5 Å². The molecule has 3 heterocycles. The maximum atomic E-state index is 12.7. The Kier molecular flexibility index (Phi) is 3.91. The predicted molar refractivity (Wildman–Crippen MR) is 91.9 cm³/mol. The molecule has 2 aromatic rings. The standard InChI is InChI=1S/C18H20N4O3/c23-16-6-5-14(20-16)17(24)21-7-9-22(10-8-21)18(25)15-11-12-3-1-2-4-13(12)19-15/h1-4,11,14,19H,5-10H2,(H,20,23)/t14-/m0/s1. The van der Waals surface area contributed by atoms with E-state index < -0.39 is 6.04 Å². The normalized spacial score (nSPS) is 20.8. The van der Waals surface area contributed by atoms with Crippen molar-refractivity contribution in [3.8, 4) is 0 Å². The molecule has 2 aliphatic heterocycles. The highest BCUT2D eigenvalue weighted by Crippen LogP contribution is 2.17. The van der Waals surface area contributed by atoms with Gasteiger partial charge in [0.1, 0.15) is 11.7 Å². The van der Waals surface area contributed by atoms with E-state index in [-0.39, 0.29) is 17.7 Å². The van der Waals surface area contributed by atoms with Crippen LogP contribution in [0.15, 0.2) is 30.3 Å². The van der Waals surface area contributed by atoms with Crippen molar-refractivity contribution < 1.29 is 14.4 Å². The highest BCUT2D eigenvalue weighted by molar-refractivity contribution is 5.98. The molecule has 0 spiro atoms. The van der Waals surface area contributed by atoms with Crippen molar-refractivity contribution in [1.82, 2.24) is 20.1 Å². The molecule has 2 saturated heterocycles. The average Bonchev–Trinajstić information content (AvgIpc) is 3.26. The van der Waals surface area contributed by atoms with Crippen LogP contribution in [-0.4, -0.2) is 64.7 Å². The second-order valence-corrected chi connectivity index (χ2v) is 6.55. The van der Waals surface area contributed by atoms with Crippen molar-refractivity contribution in [3.05, 3.63) is 36.0 Å². The van der Waals surface area contributed by atoms with Crippen LogP contribution in [0, 0.1) is 0 Å². The molecule has 2 fully saturated rings. The lowest BCUT2D eigenvalue weighted by Crippen LogP contribution is -2.54. The van der Waals surface area contributed by atoms with E-state index in [0.29, 0.717) is 44.7 Å². The van der Waals surface area contributed by atoms with Crippen LogP contribution >= 0.6 is 0 Å². The fourth-order valence-corrected chi connectivity index (χ4v) is 3.51. The highest BCUT2D eigenvalue weighted by atomic mass is 16.2. The van der Waals surface area contributed by atoms with Gasteiger partial charge in [0.25, 0.3) is 5.91 Å². The number of fused-ring (bicyclic) bond motifs is 1. The predicted octanol–water partition coefficient (Wildman–Crippen LogP) is 0.731. The number of para-hydroxylation sites is 1. The lowest BCUT2D eigenvalue weighted by molar-refractivity contribution is -0.135. The van der Waals surface area contributed by atoms with Gasteiger partial charge in [0.05, 0.1) is 0 Å². The minimum Gasteiger partial charge on any atom is -0.351 e. The van der Waals surface area contributed by atoms with Crippen LogP contribution in [-0.2, 0) is 9.59 Å². The largest absolute Gasteiger partial charge is 0.351 e. The summed E-state index contributed by atoms with van der Waals surface area (Å²) in [7, 11) is 0. The molecule has 0 bridgehead atoms. The molecule has 0 saturated carbocycles. The molecular weight excluding hydrogens is 320 g/mol. The number of hydrogen-bond acceptors (Lipinski definition) is 3. The number of piperazine rings is 1. The van der Waals surface area contributed by atoms with Crippen molar-refractivity contribution in [3.63, 3.8) is 0 Å². The van der Waals surface area contributed by atoms with Crippen LogP contribution < -0.4 is 5.32 Å². The van der Waals surface area contributed by atoms with Crippen LogP contribution in [0.25, 0.3) is 10.9 Å². The van der Waals surface area contributed by atoms with Crippen LogP contribution in [0.4, 0.5) is 0 Å². The molecule has 1 atom stereocenters. The third kappa shape index (κ3) is 2.97. The number of nitrogens with zero attached hydrogens (tertiary/aromatic N) is 2. The maximum absolute atomic E-state index is 12.7. The fraction of sp³-hybridized carbons (Fsp3) is 0.389. The summed E-state index contributed by atoms with van der Waals surface area (Å²) in [6.45, 7) is 2.00. The van der Waals surface area contributed by atoms with Gasteiger partial charge < -0.3 is 20.1 Å². The third-order valence-electron chi connectivity index (χ3n) is 4.93. The summed E-state index contributed by atoms with van der Waals surface area (Å²) in [4.78, 5) is 43.0. The first kappa shape index (κ1) is 15.7. The summed E-state index contributed by atoms with van der Waals surface area (Å²) in [6.07, 6.45) is 0.973. The number of aromatic amines is 1. The molecular formula is C18H20N4O3. The van der Waals surface area contributed by atoms with Crippen molar-refractivity contribution >= 4 is 28.6 Å². The minimum atomic E-state index is -0.400. The first-order valence-corrected chi connectivity index (χ1v) is 8.57. The van der Waals surface area contributed by atoms with E-state index in [1.165, 1.54) is 0 Å². The zero-order chi connectivity index (χ0) is 17.4. The maximum Gasteiger partial charge on any atom is 0.270 e. The van der Waals surface area contributed by atoms with E-state index in [1.807, 2.05) is 30.3 Å². The number of H-pyrrole nitrogens is 1. The Morgan fingerprint density at radius 2 is 1.76 bits per heavy atom. The van der Waals surface area contributed by atoms with E-state index in [0.717, 1.165) is 10.9 Å². The number of rotatable bonds is 2. The molecule has 25 heavy (non-hydrogen) atoms. The molecule has 0 radical (unpaired) electrons. The number of nitrogens with one attached hydrogen (secondary N) is 2. The topological polar surface area (TPSA) is 85.5 Å². The number of carbonyl (C=O) groups excluding carboxylic acids is 3. The summed E-state index contributed by atoms with van der Waals surface area (Å²) in [5.41, 5.74) is 1.51. The highest BCUT2D eigenvalue weighted by Gasteiger charge is 2.33. The van der Waals surface area contributed by atoms with Gasteiger partial charge in [-0.15, -0.1) is 0 Å². The molecule has 0 unspecified atom stereocenters. The first-order valence-electron chi connectivity index (χ1n) is 8.57. The summed E-state index contributed by atoms with van der Waals surface area (Å²) in [5.74, 6) is -0.146. The Balaban J connectivity index is 1.38. The lowest BCUT2D eigenvalue weighted by Gasteiger charge is -2.35. The van der Waals surface area contributed by atoms with E-state index in [2.05, 4.69) is 10.3 Å². The van der Waals surface area contributed by atoms with Crippen LogP contribution in [0.1, 0.15) is 23.3 Å². The second-order valence-electron chi connectivity index (χ2n) is 6.55. The molecule has 7 heteroatoms. The van der Waals surface area contributed by atoms with Crippen molar-refractivity contribution in [2.45, 2.75) is 18.9 Å². The van der Waals surface area contributed by atoms with Gasteiger partial charge in [0.15, 0.2) is 0 Å². The zero-order valence-corrected chi connectivity index (χ0v) is 13.8. The van der Waals surface area contributed by atoms with Crippen molar-refractivity contribution in [2.24, 2.45) is 0 Å². The molecule has 2 aliphatic rings. The average molecular weight is 340 g/mol. The van der Waals surface area contributed by atoms with Crippen LogP contribution in [0.2, 0.25) is 0 Å². The van der Waals surface area contributed by atoms with Crippen molar-refractivity contribution in [1.29, 1.82) is 0 Å². The lowest BCUT2D eigenvalue weighted by atomic mass is 10.2. The smallest absolute Gasteiger partial charge is 0.270 e. The van der Waals surface area contributed by atoms with Gasteiger partial charge >= 0.3 is 0 Å². The first-order chi connectivity index (χ1) is 12.1. The molecule has 130 valence electrons. The minimum absolute atomic E-state index is 0.0384. The van der Waals surface area contributed by atoms with Crippen LogP contribution in [0.5, 0.6) is 0 Å². The number of carbonyl (C=O) groups is 3. The van der Waals surface area contributed by atoms with Gasteiger partial charge in [-0.2, -0.15) is 0 Å². The Labute approximate surface area is 145 Å². The Hall–Kier alpha value is -2.83. The SMILES string of the molecule is O=C1CC[C@@H](C(=O)N2CCN(C(=O)c3cc4ccccc4[nH]3)CC2)N1. The van der Waals surface area contributed by atoms with Crippen molar-refractivity contribution in [2.75, 3.05) is 26.2 Å². The quantitative estimate of drug-likeness (QED) is 0.845. The Bertz CT molecular complexity index is 803. The Morgan fingerprint density at radius 1 is 1.04 bits per heavy atom. The Morgan fingerprint density at radius 3 is 2.44 bits per heavy atom. The summed E-state index contributed by atoms with van der Waals surface area (Å²) >= 11 is 0. The molecule has 7 nitrogen and oxygen atoms in total. The van der Waals surface area contributed by atoms with Gasteiger partial charge in [-0.3, -0.25) is 14.4 Å². The van der Waals surface area contributed by atoms with E-state index in [1.54, 1.807) is 9.80 Å². The zero-order valence-electron chi connectivity index (χ0n) is 13.8. The molecule has 2 N–H and O–H groups in total. The molecule has 1 aromatic carbocycles. The monoisotopic (exact) mass is 340 g/mol. The molecule has 0 aliphatic carbocycles. The fourth-order valence-electron chi connectivity index (χ4n) is 3.51. The second kappa shape index (κ2) is 6.23. The molecule has 3 amide bonds. The van der Waals surface area contributed by atoms with Crippen LogP contribution in [0.3, 0.4) is 0 Å². The van der Waals surface area contributed by atoms with E-state index in [4.69, 9.17) is 0 Å².